The summed E-state index contributed by atoms with van der Waals surface area (Å²) in [6, 6.07) is 11.2. The van der Waals surface area contributed by atoms with Crippen LogP contribution in [-0.2, 0) is 4.79 Å². The largest absolute Gasteiger partial charge is 0.496 e. The number of amides is 1. The second-order valence-corrected chi connectivity index (χ2v) is 7.01. The number of thioether (sulfide) groups is 1. The molecule has 2 aromatic carbocycles. The zero-order valence-corrected chi connectivity index (χ0v) is 16.6. The van der Waals surface area contributed by atoms with Gasteiger partial charge < -0.3 is 15.9 Å². The number of hydrogen-bond acceptors (Lipinski definition) is 8. The van der Waals surface area contributed by atoms with Crippen LogP contribution in [0.4, 0.5) is 11.4 Å². The van der Waals surface area contributed by atoms with Gasteiger partial charge >= 0.3 is 0 Å². The Morgan fingerprint density at radius 3 is 2.83 bits per heavy atom. The van der Waals surface area contributed by atoms with Crippen molar-refractivity contribution < 1.29 is 14.5 Å². The number of halogens is 1. The Balaban J connectivity index is 1.71. The molecule has 3 aromatic rings. The van der Waals surface area contributed by atoms with Crippen LogP contribution in [0.15, 0.2) is 47.6 Å². The topological polar surface area (TPSA) is 138 Å². The normalized spacial score (nSPS) is 10.6. The van der Waals surface area contributed by atoms with Crippen LogP contribution in [0.25, 0.3) is 11.4 Å². The third-order valence-electron chi connectivity index (χ3n) is 3.78. The van der Waals surface area contributed by atoms with Gasteiger partial charge in [-0.3, -0.25) is 14.9 Å². The first kappa shape index (κ1) is 20.4. The van der Waals surface area contributed by atoms with Crippen LogP contribution in [0.3, 0.4) is 0 Å². The van der Waals surface area contributed by atoms with Crippen molar-refractivity contribution in [2.45, 2.75) is 5.16 Å². The number of hydrogen-bond donors (Lipinski definition) is 2. The highest BCUT2D eigenvalue weighted by Crippen LogP contribution is 2.30. The van der Waals surface area contributed by atoms with E-state index in [2.05, 4.69) is 15.5 Å². The van der Waals surface area contributed by atoms with E-state index in [4.69, 9.17) is 22.2 Å². The molecule has 150 valence electrons. The Morgan fingerprint density at radius 2 is 2.10 bits per heavy atom. The van der Waals surface area contributed by atoms with Gasteiger partial charge in [-0.2, -0.15) is 0 Å². The molecular formula is C17H15ClN6O4S. The second kappa shape index (κ2) is 8.80. The molecule has 0 atom stereocenters. The monoisotopic (exact) mass is 434 g/mol. The molecule has 1 aromatic heterocycles. The van der Waals surface area contributed by atoms with E-state index in [9.17, 15) is 14.9 Å². The number of nitro groups is 1. The van der Waals surface area contributed by atoms with Crippen LogP contribution in [0, 0.1) is 10.1 Å². The number of nitrogen functional groups attached to an aromatic ring is 1. The number of ether oxygens (including phenoxy) is 1. The quantitative estimate of drug-likeness (QED) is 0.250. The summed E-state index contributed by atoms with van der Waals surface area (Å²) in [5, 5.41) is 22.1. The molecule has 29 heavy (non-hydrogen) atoms. The molecule has 3 N–H and O–H groups in total. The van der Waals surface area contributed by atoms with E-state index < -0.39 is 10.8 Å². The molecule has 12 heteroatoms. The Bertz CT molecular complexity index is 1070. The first-order valence-electron chi connectivity index (χ1n) is 8.11. The van der Waals surface area contributed by atoms with Gasteiger partial charge in [0.1, 0.15) is 11.4 Å². The summed E-state index contributed by atoms with van der Waals surface area (Å²) in [6.07, 6.45) is 0. The maximum atomic E-state index is 12.2. The van der Waals surface area contributed by atoms with Crippen LogP contribution >= 0.6 is 23.4 Å². The van der Waals surface area contributed by atoms with E-state index in [1.165, 1.54) is 30.0 Å². The van der Waals surface area contributed by atoms with Gasteiger partial charge in [0.05, 0.1) is 23.3 Å². The lowest BCUT2D eigenvalue weighted by molar-refractivity contribution is -0.383. The Hall–Kier alpha value is -3.31. The molecular weight excluding hydrogens is 420 g/mol. The van der Waals surface area contributed by atoms with Gasteiger partial charge in [-0.15, -0.1) is 10.2 Å². The molecule has 0 saturated carbocycles. The first-order chi connectivity index (χ1) is 13.9. The van der Waals surface area contributed by atoms with E-state index in [1.54, 1.807) is 12.1 Å². The fourth-order valence-corrected chi connectivity index (χ4v) is 3.29. The van der Waals surface area contributed by atoms with Crippen LogP contribution in [-0.4, -0.2) is 38.6 Å². The van der Waals surface area contributed by atoms with Gasteiger partial charge in [0.25, 0.3) is 5.69 Å². The summed E-state index contributed by atoms with van der Waals surface area (Å²) in [5.41, 5.74) is 0.406. The third-order valence-corrected chi connectivity index (χ3v) is 4.95. The minimum Gasteiger partial charge on any atom is -0.496 e. The van der Waals surface area contributed by atoms with Gasteiger partial charge in [-0.05, 0) is 24.3 Å². The van der Waals surface area contributed by atoms with Crippen molar-refractivity contribution in [3.63, 3.8) is 0 Å². The Morgan fingerprint density at radius 1 is 1.34 bits per heavy atom. The number of benzene rings is 2. The molecule has 10 nitrogen and oxygen atoms in total. The average Bonchev–Trinajstić information content (AvgIpc) is 3.07. The number of nitrogens with zero attached hydrogens (tertiary/aromatic N) is 4. The maximum Gasteiger partial charge on any atom is 0.294 e. The average molecular weight is 435 g/mol. The van der Waals surface area contributed by atoms with Crippen LogP contribution < -0.4 is 15.9 Å². The number of anilines is 1. The number of nitrogens with one attached hydrogen (secondary N) is 1. The predicted octanol–water partition coefficient (Wildman–Crippen LogP) is 2.96. The number of methoxy groups -OCH3 is 1. The zero-order valence-electron chi connectivity index (χ0n) is 15.0. The van der Waals surface area contributed by atoms with Crippen molar-refractivity contribution >= 4 is 40.6 Å². The van der Waals surface area contributed by atoms with E-state index >= 15 is 0 Å². The minimum absolute atomic E-state index is 0.0499. The van der Waals surface area contributed by atoms with Crippen LogP contribution in [0.5, 0.6) is 5.75 Å². The lowest BCUT2D eigenvalue weighted by atomic mass is 10.2. The second-order valence-electron chi connectivity index (χ2n) is 5.63. The highest BCUT2D eigenvalue weighted by molar-refractivity contribution is 7.99. The number of nitrogens with two attached hydrogens (primary N) is 1. The van der Waals surface area contributed by atoms with Crippen molar-refractivity contribution in [3.05, 3.63) is 57.6 Å². The van der Waals surface area contributed by atoms with Gasteiger partial charge in [0.2, 0.25) is 11.1 Å². The Labute approximate surface area is 174 Å². The number of nitro benzene ring substituents is 1. The highest BCUT2D eigenvalue weighted by atomic mass is 35.5. The molecule has 0 aliphatic heterocycles. The lowest BCUT2D eigenvalue weighted by Crippen LogP contribution is -2.17. The van der Waals surface area contributed by atoms with Crippen LogP contribution in [0.2, 0.25) is 5.02 Å². The number of rotatable bonds is 7. The SMILES string of the molecule is COc1ccccc1-c1nnc(SCC(=O)Nc2ccc(Cl)cc2[N+](=O)[O-])n1N. The molecule has 0 unspecified atom stereocenters. The van der Waals surface area contributed by atoms with Gasteiger partial charge in [-0.1, -0.05) is 35.5 Å². The van der Waals surface area contributed by atoms with Gasteiger partial charge in [-0.25, -0.2) is 4.68 Å². The molecule has 1 heterocycles. The lowest BCUT2D eigenvalue weighted by Gasteiger charge is -2.08. The van der Waals surface area contributed by atoms with Crippen molar-refractivity contribution in [3.8, 4) is 17.1 Å². The molecule has 0 saturated heterocycles. The first-order valence-corrected chi connectivity index (χ1v) is 9.47. The molecule has 0 spiro atoms. The number of para-hydroxylation sites is 1. The van der Waals surface area contributed by atoms with Gasteiger partial charge in [0, 0.05) is 11.1 Å². The summed E-state index contributed by atoms with van der Waals surface area (Å²) in [7, 11) is 1.53. The highest BCUT2D eigenvalue weighted by Gasteiger charge is 2.19. The molecule has 0 fully saturated rings. The predicted molar refractivity (Wildman–Crippen MR) is 110 cm³/mol. The molecule has 0 aliphatic carbocycles. The van der Waals surface area contributed by atoms with E-state index in [0.29, 0.717) is 22.3 Å². The minimum atomic E-state index is -0.620. The van der Waals surface area contributed by atoms with Crippen molar-refractivity contribution in [2.24, 2.45) is 0 Å². The van der Waals surface area contributed by atoms with Crippen molar-refractivity contribution in [1.82, 2.24) is 14.9 Å². The Kier molecular flexibility index (Phi) is 6.20. The van der Waals surface area contributed by atoms with E-state index in [1.807, 2.05) is 12.1 Å². The number of carbonyl (C=O) groups is 1. The summed E-state index contributed by atoms with van der Waals surface area (Å²) in [4.78, 5) is 22.7. The smallest absolute Gasteiger partial charge is 0.294 e. The zero-order chi connectivity index (χ0) is 21.0. The van der Waals surface area contributed by atoms with Crippen molar-refractivity contribution in [1.29, 1.82) is 0 Å². The van der Waals surface area contributed by atoms with Crippen molar-refractivity contribution in [2.75, 3.05) is 24.0 Å². The summed E-state index contributed by atoms with van der Waals surface area (Å²) in [6.45, 7) is 0. The molecule has 1 amide bonds. The summed E-state index contributed by atoms with van der Waals surface area (Å²) >= 11 is 6.80. The van der Waals surface area contributed by atoms with E-state index in [-0.39, 0.29) is 22.2 Å². The molecule has 0 aliphatic rings. The third kappa shape index (κ3) is 4.58. The molecule has 0 bridgehead atoms. The number of carbonyl (C=O) groups excluding carboxylic acids is 1. The number of aromatic nitrogens is 3. The van der Waals surface area contributed by atoms with Gasteiger partial charge in [0.15, 0.2) is 5.82 Å². The maximum absolute atomic E-state index is 12.2. The fourth-order valence-electron chi connectivity index (χ4n) is 2.47. The standard InChI is InChI=1S/C17H15ClN6O4S/c1-28-14-5-3-2-4-11(14)16-21-22-17(23(16)19)29-9-15(25)20-12-7-6-10(18)8-13(12)24(26)27/h2-8H,9,19H2,1H3,(H,20,25). The molecule has 0 radical (unpaired) electrons. The van der Waals surface area contributed by atoms with Crippen LogP contribution in [0.1, 0.15) is 0 Å². The molecule has 3 rings (SSSR count). The summed E-state index contributed by atoms with van der Waals surface area (Å²) in [5.74, 6) is 6.46. The summed E-state index contributed by atoms with van der Waals surface area (Å²) < 4.78 is 6.55. The van der Waals surface area contributed by atoms with E-state index in [0.717, 1.165) is 11.8 Å². The fraction of sp³-hybridized carbons (Fsp3) is 0.118.